The van der Waals surface area contributed by atoms with Crippen molar-refractivity contribution in [2.24, 2.45) is 5.92 Å². The third-order valence-electron chi connectivity index (χ3n) is 5.82. The molecule has 0 bridgehead atoms. The second-order valence-corrected chi connectivity index (χ2v) is 7.24. The van der Waals surface area contributed by atoms with E-state index in [0.29, 0.717) is 38.0 Å². The summed E-state index contributed by atoms with van der Waals surface area (Å²) in [6.07, 6.45) is 7.39. The molecule has 0 radical (unpaired) electrons. The van der Waals surface area contributed by atoms with Gasteiger partial charge in [-0.05, 0) is 38.2 Å². The van der Waals surface area contributed by atoms with Crippen molar-refractivity contribution in [2.45, 2.75) is 49.8 Å². The van der Waals surface area contributed by atoms with E-state index in [1.165, 1.54) is 0 Å². The van der Waals surface area contributed by atoms with E-state index in [1.54, 1.807) is 12.4 Å². The minimum atomic E-state index is -0.858. The number of fused-ring (bicyclic) bond motifs is 1. The van der Waals surface area contributed by atoms with Crippen molar-refractivity contribution in [3.8, 4) is 0 Å². The lowest BCUT2D eigenvalue weighted by atomic mass is 9.81. The largest absolute Gasteiger partial charge is 0.385 e. The van der Waals surface area contributed by atoms with Crippen LogP contribution in [0.15, 0.2) is 24.5 Å². The lowest BCUT2D eigenvalue weighted by Gasteiger charge is -2.40. The first-order valence-corrected chi connectivity index (χ1v) is 8.83. The van der Waals surface area contributed by atoms with Crippen molar-refractivity contribution in [3.05, 3.63) is 30.1 Å². The Kier molecular flexibility index (Phi) is 4.26. The molecule has 7 heteroatoms. The molecule has 3 aliphatic rings. The lowest BCUT2D eigenvalue weighted by molar-refractivity contribution is -0.141. The Balaban J connectivity index is 1.36. The van der Waals surface area contributed by atoms with Crippen molar-refractivity contribution in [2.75, 3.05) is 13.1 Å². The second kappa shape index (κ2) is 6.40. The SMILES string of the molecule is O=C(C1CCC2NNNC2C1)N1CCC(O)(c2cccnc2)CC1. The quantitative estimate of drug-likeness (QED) is 0.612. The minimum absolute atomic E-state index is 0.0880. The van der Waals surface area contributed by atoms with Gasteiger partial charge in [-0.15, -0.1) is 0 Å². The Morgan fingerprint density at radius 2 is 2.04 bits per heavy atom. The van der Waals surface area contributed by atoms with Gasteiger partial charge < -0.3 is 10.0 Å². The van der Waals surface area contributed by atoms with Crippen LogP contribution in [0, 0.1) is 5.92 Å². The molecule has 3 unspecified atom stereocenters. The first kappa shape index (κ1) is 16.0. The maximum atomic E-state index is 12.9. The number of aromatic nitrogens is 1. The predicted octanol–water partition coefficient (Wildman–Crippen LogP) is 0.0413. The van der Waals surface area contributed by atoms with E-state index in [-0.39, 0.29) is 11.8 Å². The summed E-state index contributed by atoms with van der Waals surface area (Å²) in [5.74, 6) is 0.334. The fraction of sp³-hybridized carbons (Fsp3) is 0.647. The van der Waals surface area contributed by atoms with Crippen molar-refractivity contribution in [1.29, 1.82) is 0 Å². The van der Waals surface area contributed by atoms with Crippen molar-refractivity contribution >= 4 is 5.91 Å². The van der Waals surface area contributed by atoms with E-state index in [4.69, 9.17) is 0 Å². The monoisotopic (exact) mass is 331 g/mol. The number of hydrogen-bond acceptors (Lipinski definition) is 6. The number of likely N-dealkylation sites (tertiary alicyclic amines) is 1. The highest BCUT2D eigenvalue weighted by atomic mass is 16.3. The molecule has 4 rings (SSSR count). The van der Waals surface area contributed by atoms with Crippen LogP contribution >= 0.6 is 0 Å². The number of nitrogens with zero attached hydrogens (tertiary/aromatic N) is 2. The normalized spacial score (nSPS) is 32.4. The number of hydrogen-bond donors (Lipinski definition) is 4. The minimum Gasteiger partial charge on any atom is -0.385 e. The zero-order valence-electron chi connectivity index (χ0n) is 13.7. The second-order valence-electron chi connectivity index (χ2n) is 7.24. The van der Waals surface area contributed by atoms with E-state index in [1.807, 2.05) is 17.0 Å². The first-order chi connectivity index (χ1) is 11.7. The van der Waals surface area contributed by atoms with Crippen LogP contribution in [-0.4, -0.2) is 46.1 Å². The van der Waals surface area contributed by atoms with Gasteiger partial charge in [0, 0.05) is 49.0 Å². The first-order valence-electron chi connectivity index (χ1n) is 8.83. The highest BCUT2D eigenvalue weighted by Gasteiger charge is 2.40. The molecule has 1 aromatic rings. The van der Waals surface area contributed by atoms with Crippen molar-refractivity contribution in [3.63, 3.8) is 0 Å². The molecule has 4 N–H and O–H groups in total. The number of hydrazine groups is 2. The summed E-state index contributed by atoms with van der Waals surface area (Å²) < 4.78 is 0. The molecule has 3 atom stereocenters. The van der Waals surface area contributed by atoms with Crippen molar-refractivity contribution < 1.29 is 9.90 Å². The van der Waals surface area contributed by atoms with Crippen LogP contribution in [0.4, 0.5) is 0 Å². The zero-order valence-corrected chi connectivity index (χ0v) is 13.7. The van der Waals surface area contributed by atoms with Gasteiger partial charge in [0.05, 0.1) is 5.60 Å². The summed E-state index contributed by atoms with van der Waals surface area (Å²) in [6.45, 7) is 1.22. The molecule has 3 fully saturated rings. The van der Waals surface area contributed by atoms with Gasteiger partial charge in [-0.1, -0.05) is 6.07 Å². The molecule has 1 saturated carbocycles. The molecule has 1 aromatic heterocycles. The summed E-state index contributed by atoms with van der Waals surface area (Å²) in [4.78, 5) is 18.9. The third kappa shape index (κ3) is 2.93. The Morgan fingerprint density at radius 1 is 1.25 bits per heavy atom. The number of amides is 1. The van der Waals surface area contributed by atoms with Crippen LogP contribution in [0.3, 0.4) is 0 Å². The summed E-state index contributed by atoms with van der Waals surface area (Å²) in [5.41, 5.74) is 9.37. The Morgan fingerprint density at radius 3 is 2.79 bits per heavy atom. The number of nitrogens with one attached hydrogen (secondary N) is 3. The molecular formula is C17H25N5O2. The number of piperidine rings is 1. The average Bonchev–Trinajstić information content (AvgIpc) is 3.10. The number of pyridine rings is 1. The van der Waals surface area contributed by atoms with Gasteiger partial charge in [-0.3, -0.25) is 9.78 Å². The highest BCUT2D eigenvalue weighted by Crippen LogP contribution is 2.34. The smallest absolute Gasteiger partial charge is 0.225 e. The van der Waals surface area contributed by atoms with Crippen LogP contribution in [0.2, 0.25) is 0 Å². The van der Waals surface area contributed by atoms with Crippen LogP contribution in [0.25, 0.3) is 0 Å². The molecule has 7 nitrogen and oxygen atoms in total. The van der Waals surface area contributed by atoms with Gasteiger partial charge in [-0.25, -0.2) is 10.9 Å². The standard InChI is InChI=1S/C17H25N5O2/c23-16(12-3-4-14-15(10-12)20-21-19-14)22-8-5-17(24,6-9-22)13-2-1-7-18-11-13/h1-2,7,11-12,14-15,19-21,24H,3-6,8-10H2. The number of aliphatic hydroxyl groups is 1. The summed E-state index contributed by atoms with van der Waals surface area (Å²) in [6, 6.07) is 4.51. The molecule has 1 aliphatic carbocycles. The van der Waals surface area contributed by atoms with Gasteiger partial charge >= 0.3 is 0 Å². The number of rotatable bonds is 2. The molecule has 3 heterocycles. The topological polar surface area (TPSA) is 89.5 Å². The average molecular weight is 331 g/mol. The molecule has 2 saturated heterocycles. The van der Waals surface area contributed by atoms with Gasteiger partial charge in [0.15, 0.2) is 0 Å². The Bertz CT molecular complexity index is 588. The molecule has 24 heavy (non-hydrogen) atoms. The molecule has 0 spiro atoms. The van der Waals surface area contributed by atoms with Gasteiger partial charge in [0.25, 0.3) is 0 Å². The molecular weight excluding hydrogens is 306 g/mol. The maximum absolute atomic E-state index is 12.9. The van der Waals surface area contributed by atoms with E-state index < -0.39 is 5.60 Å². The molecule has 130 valence electrons. The van der Waals surface area contributed by atoms with Crippen LogP contribution in [0.1, 0.15) is 37.7 Å². The van der Waals surface area contributed by atoms with E-state index in [0.717, 1.165) is 24.8 Å². The van der Waals surface area contributed by atoms with Gasteiger partial charge in [0.2, 0.25) is 5.91 Å². The highest BCUT2D eigenvalue weighted by molar-refractivity contribution is 5.79. The lowest BCUT2D eigenvalue weighted by Crippen LogP contribution is -2.50. The fourth-order valence-corrected chi connectivity index (χ4v) is 4.24. The van der Waals surface area contributed by atoms with Gasteiger partial charge in [0.1, 0.15) is 0 Å². The fourth-order valence-electron chi connectivity index (χ4n) is 4.24. The van der Waals surface area contributed by atoms with Crippen LogP contribution in [0.5, 0.6) is 0 Å². The maximum Gasteiger partial charge on any atom is 0.225 e. The van der Waals surface area contributed by atoms with E-state index in [2.05, 4.69) is 21.4 Å². The van der Waals surface area contributed by atoms with Crippen molar-refractivity contribution in [1.82, 2.24) is 26.3 Å². The Labute approximate surface area is 141 Å². The summed E-state index contributed by atoms with van der Waals surface area (Å²) in [7, 11) is 0. The summed E-state index contributed by atoms with van der Waals surface area (Å²) >= 11 is 0. The molecule has 2 aliphatic heterocycles. The molecule has 0 aromatic carbocycles. The van der Waals surface area contributed by atoms with Crippen LogP contribution < -0.4 is 16.4 Å². The Hall–Kier alpha value is -1.54. The zero-order chi connectivity index (χ0) is 16.6. The number of carbonyl (C=O) groups excluding carboxylic acids is 1. The molecule has 1 amide bonds. The van der Waals surface area contributed by atoms with Crippen LogP contribution in [-0.2, 0) is 10.4 Å². The number of carbonyl (C=O) groups is 1. The van der Waals surface area contributed by atoms with Gasteiger partial charge in [-0.2, -0.15) is 5.53 Å². The van der Waals surface area contributed by atoms with E-state index in [9.17, 15) is 9.90 Å². The predicted molar refractivity (Wildman–Crippen MR) is 88.3 cm³/mol. The third-order valence-corrected chi connectivity index (χ3v) is 5.82. The van der Waals surface area contributed by atoms with E-state index >= 15 is 0 Å². The summed E-state index contributed by atoms with van der Waals surface area (Å²) in [5, 5.41) is 10.9.